The summed E-state index contributed by atoms with van der Waals surface area (Å²) in [5, 5.41) is 3.04. The Bertz CT molecular complexity index is 787. The van der Waals surface area contributed by atoms with Gasteiger partial charge in [0.1, 0.15) is 11.9 Å². The normalized spacial score (nSPS) is 22.1. The molecule has 0 spiro atoms. The van der Waals surface area contributed by atoms with Crippen LogP contribution in [0.15, 0.2) is 42.2 Å². The van der Waals surface area contributed by atoms with Crippen molar-refractivity contribution in [3.8, 4) is 5.75 Å². The summed E-state index contributed by atoms with van der Waals surface area (Å²) in [6.45, 7) is 2.79. The van der Waals surface area contributed by atoms with Gasteiger partial charge in [-0.05, 0) is 49.8 Å². The van der Waals surface area contributed by atoms with Crippen LogP contribution < -0.4 is 10.1 Å². The van der Waals surface area contributed by atoms with Crippen LogP contribution in [0.3, 0.4) is 0 Å². The Morgan fingerprint density at radius 2 is 1.96 bits per heavy atom. The molecule has 0 bridgehead atoms. The van der Waals surface area contributed by atoms with Crippen molar-refractivity contribution in [3.05, 3.63) is 47.7 Å². The Hall–Kier alpha value is -2.60. The topological polar surface area (TPSA) is 67.9 Å². The number of para-hydroxylation sites is 1. The van der Waals surface area contributed by atoms with Crippen molar-refractivity contribution < 1.29 is 19.1 Å². The lowest BCUT2D eigenvalue weighted by atomic mass is 9.96. The number of hydrogen-bond donors (Lipinski definition) is 1. The number of carbonyl (C=O) groups excluding carboxylic acids is 2. The van der Waals surface area contributed by atoms with Gasteiger partial charge in [0.05, 0.1) is 6.26 Å². The summed E-state index contributed by atoms with van der Waals surface area (Å²) < 4.78 is 11.0. The van der Waals surface area contributed by atoms with Crippen LogP contribution in [-0.4, -0.2) is 49.1 Å². The average Bonchev–Trinajstić information content (AvgIpc) is 3.18. The number of nitrogens with one attached hydrogen (secondary N) is 1. The van der Waals surface area contributed by atoms with E-state index in [1.165, 1.54) is 0 Å². The SMILES string of the molecule is O=C(NCC1CCN(C(=O)[C@H]2CCCO2)CC1)C1=Cc2ccccc2OC=C1. The summed E-state index contributed by atoms with van der Waals surface area (Å²) in [5.41, 5.74) is 1.47. The molecule has 0 aliphatic carbocycles. The van der Waals surface area contributed by atoms with Crippen LogP contribution >= 0.6 is 0 Å². The highest BCUT2D eigenvalue weighted by atomic mass is 16.5. The zero-order valence-corrected chi connectivity index (χ0v) is 15.9. The summed E-state index contributed by atoms with van der Waals surface area (Å²) >= 11 is 0. The molecule has 2 saturated heterocycles. The van der Waals surface area contributed by atoms with Crippen LogP contribution in [0.25, 0.3) is 6.08 Å². The first-order chi connectivity index (χ1) is 13.7. The maximum atomic E-state index is 12.6. The second-order valence-corrected chi connectivity index (χ2v) is 7.54. The number of fused-ring (bicyclic) bond motifs is 1. The maximum Gasteiger partial charge on any atom is 0.251 e. The van der Waals surface area contributed by atoms with Crippen LogP contribution in [-0.2, 0) is 14.3 Å². The number of nitrogens with zero attached hydrogens (tertiary/aromatic N) is 1. The highest BCUT2D eigenvalue weighted by Gasteiger charge is 2.30. The molecule has 6 heteroatoms. The van der Waals surface area contributed by atoms with Gasteiger partial charge < -0.3 is 19.7 Å². The van der Waals surface area contributed by atoms with Crippen molar-refractivity contribution in [3.63, 3.8) is 0 Å². The van der Waals surface area contributed by atoms with E-state index in [9.17, 15) is 9.59 Å². The highest BCUT2D eigenvalue weighted by molar-refractivity contribution is 6.01. The molecule has 3 aliphatic heterocycles. The lowest BCUT2D eigenvalue weighted by Gasteiger charge is -2.33. The van der Waals surface area contributed by atoms with Crippen LogP contribution in [0.2, 0.25) is 0 Å². The van der Waals surface area contributed by atoms with Crippen LogP contribution in [0.4, 0.5) is 0 Å². The summed E-state index contributed by atoms with van der Waals surface area (Å²) in [5.74, 6) is 1.16. The van der Waals surface area contributed by atoms with Crippen molar-refractivity contribution in [1.82, 2.24) is 10.2 Å². The molecule has 1 N–H and O–H groups in total. The third-order valence-corrected chi connectivity index (χ3v) is 5.62. The molecule has 1 aromatic carbocycles. The van der Waals surface area contributed by atoms with Crippen molar-refractivity contribution in [2.45, 2.75) is 31.8 Å². The van der Waals surface area contributed by atoms with E-state index < -0.39 is 0 Å². The number of amides is 2. The lowest BCUT2D eigenvalue weighted by molar-refractivity contribution is -0.142. The van der Waals surface area contributed by atoms with Gasteiger partial charge in [-0.15, -0.1) is 0 Å². The van der Waals surface area contributed by atoms with E-state index in [1.54, 1.807) is 12.3 Å². The molecule has 3 aliphatic rings. The van der Waals surface area contributed by atoms with Gasteiger partial charge in [0.15, 0.2) is 0 Å². The molecule has 1 atom stereocenters. The summed E-state index contributed by atoms with van der Waals surface area (Å²) in [4.78, 5) is 26.9. The number of hydrogen-bond acceptors (Lipinski definition) is 4. The van der Waals surface area contributed by atoms with Gasteiger partial charge >= 0.3 is 0 Å². The molecule has 4 rings (SSSR count). The standard InChI is InChI=1S/C22H26N2O4/c25-21(18-9-13-28-19-5-2-1-4-17(19)14-18)23-15-16-7-10-24(11-8-16)22(26)20-6-3-12-27-20/h1-2,4-5,9,13-14,16,20H,3,6-8,10-12,15H2,(H,23,25)/t20-/m1/s1. The third-order valence-electron chi connectivity index (χ3n) is 5.62. The predicted molar refractivity (Wildman–Crippen MR) is 105 cm³/mol. The van der Waals surface area contributed by atoms with Gasteiger partial charge in [-0.25, -0.2) is 0 Å². The van der Waals surface area contributed by atoms with Gasteiger partial charge in [0.25, 0.3) is 11.8 Å². The first-order valence-corrected chi connectivity index (χ1v) is 10.0. The number of benzene rings is 1. The number of rotatable bonds is 4. The van der Waals surface area contributed by atoms with E-state index in [4.69, 9.17) is 9.47 Å². The average molecular weight is 382 g/mol. The van der Waals surface area contributed by atoms with Gasteiger partial charge in [-0.2, -0.15) is 0 Å². The second kappa shape index (κ2) is 8.61. The Kier molecular flexibility index (Phi) is 5.76. The fraction of sp³-hybridized carbons (Fsp3) is 0.455. The van der Waals surface area contributed by atoms with Crippen molar-refractivity contribution in [1.29, 1.82) is 0 Å². The van der Waals surface area contributed by atoms with E-state index in [-0.39, 0.29) is 17.9 Å². The molecule has 2 fully saturated rings. The Morgan fingerprint density at radius 3 is 2.75 bits per heavy atom. The molecule has 0 radical (unpaired) electrons. The third kappa shape index (κ3) is 4.28. The first-order valence-electron chi connectivity index (χ1n) is 10.0. The smallest absolute Gasteiger partial charge is 0.251 e. The van der Waals surface area contributed by atoms with Crippen LogP contribution in [0, 0.1) is 5.92 Å². The molecule has 1 aromatic rings. The molecule has 0 saturated carbocycles. The molecular formula is C22H26N2O4. The molecule has 0 unspecified atom stereocenters. The lowest BCUT2D eigenvalue weighted by Crippen LogP contribution is -2.45. The molecule has 2 amide bonds. The molecule has 148 valence electrons. The minimum absolute atomic E-state index is 0.102. The van der Waals surface area contributed by atoms with Crippen LogP contribution in [0.1, 0.15) is 31.2 Å². The molecule has 6 nitrogen and oxygen atoms in total. The van der Waals surface area contributed by atoms with Crippen molar-refractivity contribution >= 4 is 17.9 Å². The maximum absolute atomic E-state index is 12.6. The highest BCUT2D eigenvalue weighted by Crippen LogP contribution is 2.25. The fourth-order valence-electron chi connectivity index (χ4n) is 3.92. The zero-order valence-electron chi connectivity index (χ0n) is 15.9. The fourth-order valence-corrected chi connectivity index (χ4v) is 3.92. The minimum atomic E-state index is -0.240. The Labute approximate surface area is 165 Å². The van der Waals surface area contributed by atoms with E-state index in [0.717, 1.165) is 50.1 Å². The van der Waals surface area contributed by atoms with E-state index in [2.05, 4.69) is 5.32 Å². The number of ether oxygens (including phenoxy) is 2. The molecule has 28 heavy (non-hydrogen) atoms. The van der Waals surface area contributed by atoms with Gasteiger partial charge in [-0.3, -0.25) is 9.59 Å². The first kappa shape index (κ1) is 18.7. The number of piperidine rings is 1. The quantitative estimate of drug-likeness (QED) is 0.869. The summed E-state index contributed by atoms with van der Waals surface area (Å²) in [6.07, 6.45) is 8.46. The Morgan fingerprint density at radius 1 is 1.14 bits per heavy atom. The predicted octanol–water partition coefficient (Wildman–Crippen LogP) is 2.51. The molecular weight excluding hydrogens is 356 g/mol. The van der Waals surface area contributed by atoms with Gasteiger partial charge in [0, 0.05) is 37.4 Å². The van der Waals surface area contributed by atoms with Gasteiger partial charge in [-0.1, -0.05) is 18.2 Å². The van der Waals surface area contributed by atoms with E-state index >= 15 is 0 Å². The second-order valence-electron chi connectivity index (χ2n) is 7.54. The summed E-state index contributed by atoms with van der Waals surface area (Å²) in [7, 11) is 0. The largest absolute Gasteiger partial charge is 0.464 e. The minimum Gasteiger partial charge on any atom is -0.464 e. The van der Waals surface area contributed by atoms with Gasteiger partial charge in [0.2, 0.25) is 0 Å². The van der Waals surface area contributed by atoms with Crippen molar-refractivity contribution in [2.75, 3.05) is 26.2 Å². The zero-order chi connectivity index (χ0) is 19.3. The van der Waals surface area contributed by atoms with E-state index in [1.807, 2.05) is 35.2 Å². The number of carbonyl (C=O) groups is 2. The molecule has 3 heterocycles. The molecule has 0 aromatic heterocycles. The summed E-state index contributed by atoms with van der Waals surface area (Å²) in [6, 6.07) is 7.63. The number of likely N-dealkylation sites (tertiary alicyclic amines) is 1. The monoisotopic (exact) mass is 382 g/mol. The Balaban J connectivity index is 1.27. The van der Waals surface area contributed by atoms with E-state index in [0.29, 0.717) is 24.6 Å². The van der Waals surface area contributed by atoms with Crippen LogP contribution in [0.5, 0.6) is 5.75 Å². The van der Waals surface area contributed by atoms with Crippen molar-refractivity contribution in [2.24, 2.45) is 5.92 Å².